The van der Waals surface area contributed by atoms with Crippen LogP contribution in [0, 0.1) is 0 Å². The predicted molar refractivity (Wildman–Crippen MR) is 74.8 cm³/mol. The van der Waals surface area contributed by atoms with E-state index < -0.39 is 0 Å². The second-order valence-electron chi connectivity index (χ2n) is 5.03. The summed E-state index contributed by atoms with van der Waals surface area (Å²) in [5.74, 6) is 0.0585. The molecule has 2 N–H and O–H groups in total. The SMILES string of the molecule is NC1CCCN(C(=O)COCCc2ccccc2)C1. The first kappa shape index (κ1) is 14.0. The van der Waals surface area contributed by atoms with Gasteiger partial charge in [-0.15, -0.1) is 0 Å². The molecule has 1 aromatic carbocycles. The third-order valence-corrected chi connectivity index (χ3v) is 3.41. The van der Waals surface area contributed by atoms with Gasteiger partial charge in [0.25, 0.3) is 0 Å². The maximum atomic E-state index is 11.9. The Labute approximate surface area is 114 Å². The van der Waals surface area contributed by atoms with Crippen LogP contribution in [-0.4, -0.2) is 43.2 Å². The predicted octanol–water partition coefficient (Wildman–Crippen LogP) is 1.20. The molecule has 1 heterocycles. The molecular weight excluding hydrogens is 240 g/mol. The van der Waals surface area contributed by atoms with E-state index in [-0.39, 0.29) is 18.6 Å². The number of carbonyl (C=O) groups excluding carboxylic acids is 1. The molecule has 4 heteroatoms. The zero-order chi connectivity index (χ0) is 13.5. The lowest BCUT2D eigenvalue weighted by atomic mass is 10.1. The Morgan fingerprint density at radius 2 is 2.16 bits per heavy atom. The van der Waals surface area contributed by atoms with Crippen LogP contribution >= 0.6 is 0 Å². The molecule has 1 aromatic rings. The van der Waals surface area contributed by atoms with Gasteiger partial charge < -0.3 is 15.4 Å². The van der Waals surface area contributed by atoms with E-state index in [2.05, 4.69) is 12.1 Å². The lowest BCUT2D eigenvalue weighted by molar-refractivity contribution is -0.137. The van der Waals surface area contributed by atoms with Crippen LogP contribution in [0.5, 0.6) is 0 Å². The fourth-order valence-electron chi connectivity index (χ4n) is 2.32. The van der Waals surface area contributed by atoms with Crippen LogP contribution in [0.25, 0.3) is 0 Å². The lowest BCUT2D eigenvalue weighted by Crippen LogP contribution is -2.47. The second kappa shape index (κ2) is 7.26. The van der Waals surface area contributed by atoms with E-state index >= 15 is 0 Å². The van der Waals surface area contributed by atoms with Crippen molar-refractivity contribution in [2.24, 2.45) is 5.73 Å². The average molecular weight is 262 g/mol. The molecule has 0 bridgehead atoms. The summed E-state index contributed by atoms with van der Waals surface area (Å²) >= 11 is 0. The number of ether oxygens (including phenoxy) is 1. The molecular formula is C15H22N2O2. The van der Waals surface area contributed by atoms with Crippen molar-refractivity contribution in [2.45, 2.75) is 25.3 Å². The van der Waals surface area contributed by atoms with Gasteiger partial charge >= 0.3 is 0 Å². The van der Waals surface area contributed by atoms with Crippen molar-refractivity contribution in [3.8, 4) is 0 Å². The summed E-state index contributed by atoms with van der Waals surface area (Å²) in [5, 5.41) is 0. The van der Waals surface area contributed by atoms with Gasteiger partial charge in [-0.1, -0.05) is 30.3 Å². The van der Waals surface area contributed by atoms with Crippen LogP contribution in [0.2, 0.25) is 0 Å². The van der Waals surface area contributed by atoms with Crippen molar-refractivity contribution in [2.75, 3.05) is 26.3 Å². The molecule has 0 radical (unpaired) electrons. The van der Waals surface area contributed by atoms with E-state index in [1.807, 2.05) is 23.1 Å². The Hall–Kier alpha value is -1.39. The molecule has 1 saturated heterocycles. The van der Waals surface area contributed by atoms with E-state index in [4.69, 9.17) is 10.5 Å². The van der Waals surface area contributed by atoms with Crippen molar-refractivity contribution < 1.29 is 9.53 Å². The van der Waals surface area contributed by atoms with Crippen molar-refractivity contribution >= 4 is 5.91 Å². The number of rotatable bonds is 5. The summed E-state index contributed by atoms with van der Waals surface area (Å²) in [6.45, 7) is 2.23. The Morgan fingerprint density at radius 1 is 1.37 bits per heavy atom. The van der Waals surface area contributed by atoms with Gasteiger partial charge in [-0.05, 0) is 24.8 Å². The molecule has 1 aliphatic heterocycles. The van der Waals surface area contributed by atoms with Gasteiger partial charge in [0, 0.05) is 19.1 Å². The van der Waals surface area contributed by atoms with Crippen molar-refractivity contribution in [1.29, 1.82) is 0 Å². The van der Waals surface area contributed by atoms with Crippen LogP contribution in [0.3, 0.4) is 0 Å². The number of carbonyl (C=O) groups is 1. The van der Waals surface area contributed by atoms with E-state index in [1.165, 1.54) is 5.56 Å². The largest absolute Gasteiger partial charge is 0.371 e. The van der Waals surface area contributed by atoms with Gasteiger partial charge in [-0.25, -0.2) is 0 Å². The second-order valence-corrected chi connectivity index (χ2v) is 5.03. The molecule has 4 nitrogen and oxygen atoms in total. The molecule has 1 fully saturated rings. The molecule has 104 valence electrons. The van der Waals surface area contributed by atoms with Crippen LogP contribution in [0.4, 0.5) is 0 Å². The molecule has 0 aliphatic carbocycles. The number of hydrogen-bond donors (Lipinski definition) is 1. The van der Waals surface area contributed by atoms with E-state index in [9.17, 15) is 4.79 Å². The Morgan fingerprint density at radius 3 is 2.89 bits per heavy atom. The summed E-state index contributed by atoms with van der Waals surface area (Å²) in [7, 11) is 0. The van der Waals surface area contributed by atoms with E-state index in [0.29, 0.717) is 13.2 Å². The van der Waals surface area contributed by atoms with Gasteiger partial charge in [0.15, 0.2) is 0 Å². The van der Waals surface area contributed by atoms with Crippen LogP contribution in [-0.2, 0) is 16.0 Å². The monoisotopic (exact) mass is 262 g/mol. The minimum Gasteiger partial charge on any atom is -0.371 e. The summed E-state index contributed by atoms with van der Waals surface area (Å²) in [5.41, 5.74) is 7.09. The number of amides is 1. The first-order chi connectivity index (χ1) is 9.25. The summed E-state index contributed by atoms with van der Waals surface area (Å²) < 4.78 is 5.46. The van der Waals surface area contributed by atoms with Crippen LogP contribution in [0.1, 0.15) is 18.4 Å². The number of piperidine rings is 1. The lowest BCUT2D eigenvalue weighted by Gasteiger charge is -2.30. The molecule has 0 spiro atoms. The number of nitrogens with two attached hydrogens (primary N) is 1. The minimum atomic E-state index is 0.0585. The van der Waals surface area contributed by atoms with Crippen molar-refractivity contribution in [3.05, 3.63) is 35.9 Å². The van der Waals surface area contributed by atoms with Gasteiger partial charge in [0.05, 0.1) is 6.61 Å². The quantitative estimate of drug-likeness (QED) is 0.811. The van der Waals surface area contributed by atoms with E-state index in [1.54, 1.807) is 0 Å². The molecule has 0 aromatic heterocycles. The topological polar surface area (TPSA) is 55.6 Å². The fraction of sp³-hybridized carbons (Fsp3) is 0.533. The highest BCUT2D eigenvalue weighted by Gasteiger charge is 2.20. The van der Waals surface area contributed by atoms with Crippen LogP contribution < -0.4 is 5.73 Å². The summed E-state index contributed by atoms with van der Waals surface area (Å²) in [6, 6.07) is 10.3. The highest BCUT2D eigenvalue weighted by Crippen LogP contribution is 2.08. The Kier molecular flexibility index (Phi) is 5.36. The van der Waals surface area contributed by atoms with Gasteiger partial charge in [0.2, 0.25) is 5.91 Å². The number of hydrogen-bond acceptors (Lipinski definition) is 3. The highest BCUT2D eigenvalue weighted by molar-refractivity contribution is 5.77. The highest BCUT2D eigenvalue weighted by atomic mass is 16.5. The van der Waals surface area contributed by atoms with Gasteiger partial charge in [0.1, 0.15) is 6.61 Å². The smallest absolute Gasteiger partial charge is 0.248 e. The molecule has 19 heavy (non-hydrogen) atoms. The third kappa shape index (κ3) is 4.65. The molecule has 1 unspecified atom stereocenters. The molecule has 1 atom stereocenters. The van der Waals surface area contributed by atoms with Gasteiger partial charge in [-0.2, -0.15) is 0 Å². The minimum absolute atomic E-state index is 0.0585. The number of benzene rings is 1. The zero-order valence-electron chi connectivity index (χ0n) is 11.3. The van der Waals surface area contributed by atoms with Crippen molar-refractivity contribution in [3.63, 3.8) is 0 Å². The first-order valence-electron chi connectivity index (χ1n) is 6.91. The fourth-order valence-corrected chi connectivity index (χ4v) is 2.32. The van der Waals surface area contributed by atoms with Gasteiger partial charge in [-0.3, -0.25) is 4.79 Å². The average Bonchev–Trinajstić information content (AvgIpc) is 2.44. The number of nitrogens with zero attached hydrogens (tertiary/aromatic N) is 1. The standard InChI is InChI=1S/C15H22N2O2/c16-14-7-4-9-17(11-14)15(18)12-19-10-8-13-5-2-1-3-6-13/h1-3,5-6,14H,4,7-12,16H2. The Bertz CT molecular complexity index is 394. The summed E-state index contributed by atoms with van der Waals surface area (Å²) in [6.07, 6.45) is 2.85. The molecule has 1 aliphatic rings. The normalized spacial score (nSPS) is 19.4. The zero-order valence-corrected chi connectivity index (χ0v) is 11.3. The molecule has 1 amide bonds. The Balaban J connectivity index is 1.64. The number of likely N-dealkylation sites (tertiary alicyclic amines) is 1. The first-order valence-corrected chi connectivity index (χ1v) is 6.91. The van der Waals surface area contributed by atoms with Crippen LogP contribution in [0.15, 0.2) is 30.3 Å². The molecule has 0 saturated carbocycles. The maximum Gasteiger partial charge on any atom is 0.248 e. The third-order valence-electron chi connectivity index (χ3n) is 3.41. The van der Waals surface area contributed by atoms with E-state index in [0.717, 1.165) is 25.8 Å². The summed E-state index contributed by atoms with van der Waals surface area (Å²) in [4.78, 5) is 13.7. The molecule has 2 rings (SSSR count). The van der Waals surface area contributed by atoms with Crippen molar-refractivity contribution in [1.82, 2.24) is 4.90 Å². The maximum absolute atomic E-state index is 11.9.